The van der Waals surface area contributed by atoms with Crippen molar-refractivity contribution in [1.82, 2.24) is 19.8 Å². The number of likely N-dealkylation sites (tertiary alicyclic amines) is 1. The van der Waals surface area contributed by atoms with Crippen LogP contribution in [-0.2, 0) is 11.3 Å². The average Bonchev–Trinajstić information content (AvgIpc) is 3.27. The van der Waals surface area contributed by atoms with Gasteiger partial charge in [0.05, 0.1) is 24.1 Å². The first-order valence-electron chi connectivity index (χ1n) is 8.21. The molecule has 1 aliphatic heterocycles. The number of carbonyl (C=O) groups is 2. The van der Waals surface area contributed by atoms with E-state index in [9.17, 15) is 9.59 Å². The molecule has 1 fully saturated rings. The Labute approximate surface area is 140 Å². The van der Waals surface area contributed by atoms with Gasteiger partial charge in [-0.15, -0.1) is 0 Å². The van der Waals surface area contributed by atoms with E-state index < -0.39 is 0 Å². The molecule has 7 heteroatoms. The number of rotatable bonds is 5. The monoisotopic (exact) mass is 330 g/mol. The summed E-state index contributed by atoms with van der Waals surface area (Å²) < 4.78 is 6.90. The van der Waals surface area contributed by atoms with Crippen LogP contribution in [-0.4, -0.2) is 45.4 Å². The van der Waals surface area contributed by atoms with E-state index in [1.54, 1.807) is 23.5 Å². The highest BCUT2D eigenvalue weighted by Gasteiger charge is 2.29. The second-order valence-electron chi connectivity index (χ2n) is 6.27. The molecule has 0 radical (unpaired) electrons. The van der Waals surface area contributed by atoms with Crippen LogP contribution in [0.4, 0.5) is 0 Å². The van der Waals surface area contributed by atoms with Gasteiger partial charge in [0, 0.05) is 38.1 Å². The fourth-order valence-electron chi connectivity index (χ4n) is 3.06. The predicted molar refractivity (Wildman–Crippen MR) is 87.2 cm³/mol. The van der Waals surface area contributed by atoms with Crippen LogP contribution >= 0.6 is 0 Å². The highest BCUT2D eigenvalue weighted by atomic mass is 16.3. The van der Waals surface area contributed by atoms with Crippen LogP contribution in [0.5, 0.6) is 0 Å². The van der Waals surface area contributed by atoms with E-state index >= 15 is 0 Å². The molecule has 0 bridgehead atoms. The van der Waals surface area contributed by atoms with Crippen molar-refractivity contribution in [2.24, 2.45) is 5.92 Å². The summed E-state index contributed by atoms with van der Waals surface area (Å²) in [5, 5.41) is 3.04. The molecule has 2 aromatic rings. The normalized spacial score (nSPS) is 19.0. The second-order valence-corrected chi connectivity index (χ2v) is 6.27. The number of piperidine rings is 1. The molecular formula is C17H22N4O3. The predicted octanol–water partition coefficient (Wildman–Crippen LogP) is 1.53. The van der Waals surface area contributed by atoms with Gasteiger partial charge >= 0.3 is 0 Å². The zero-order valence-corrected chi connectivity index (χ0v) is 13.7. The van der Waals surface area contributed by atoms with Gasteiger partial charge in [-0.25, -0.2) is 4.98 Å². The summed E-state index contributed by atoms with van der Waals surface area (Å²) in [4.78, 5) is 30.6. The molecule has 0 saturated carbocycles. The van der Waals surface area contributed by atoms with Crippen LogP contribution in [0.1, 0.15) is 30.1 Å². The van der Waals surface area contributed by atoms with Gasteiger partial charge in [-0.05, 0) is 25.8 Å². The number of hydrogen-bond donors (Lipinski definition) is 1. The molecule has 1 N–H and O–H groups in total. The molecule has 0 aliphatic carbocycles. The molecule has 128 valence electrons. The minimum atomic E-state index is -0.167. The van der Waals surface area contributed by atoms with E-state index in [4.69, 9.17) is 4.42 Å². The van der Waals surface area contributed by atoms with Crippen molar-refractivity contribution in [3.05, 3.63) is 42.9 Å². The SMILES string of the molecule is C[C@@H](Cn1ccnc1)NC(=O)[C@H]1CCCN(C(=O)c2ccoc2)C1. The average molecular weight is 330 g/mol. The first kappa shape index (κ1) is 16.3. The van der Waals surface area contributed by atoms with E-state index in [0.29, 0.717) is 25.2 Å². The third-order valence-corrected chi connectivity index (χ3v) is 4.28. The van der Waals surface area contributed by atoms with Crippen LogP contribution in [0.2, 0.25) is 0 Å². The topological polar surface area (TPSA) is 80.4 Å². The summed E-state index contributed by atoms with van der Waals surface area (Å²) in [5.74, 6) is -0.236. The molecule has 3 rings (SSSR count). The summed E-state index contributed by atoms with van der Waals surface area (Å²) in [6.07, 6.45) is 9.88. The fourth-order valence-corrected chi connectivity index (χ4v) is 3.06. The number of amides is 2. The number of carbonyl (C=O) groups excluding carboxylic acids is 2. The second kappa shape index (κ2) is 7.33. The van der Waals surface area contributed by atoms with Crippen LogP contribution in [0.15, 0.2) is 41.7 Å². The number of nitrogens with zero attached hydrogens (tertiary/aromatic N) is 3. The lowest BCUT2D eigenvalue weighted by Crippen LogP contribution is -2.47. The van der Waals surface area contributed by atoms with E-state index in [-0.39, 0.29) is 23.8 Å². The Morgan fingerprint density at radius 2 is 2.38 bits per heavy atom. The molecule has 2 amide bonds. The zero-order chi connectivity index (χ0) is 16.9. The molecule has 3 heterocycles. The highest BCUT2D eigenvalue weighted by Crippen LogP contribution is 2.19. The molecule has 24 heavy (non-hydrogen) atoms. The van der Waals surface area contributed by atoms with Gasteiger partial charge in [-0.1, -0.05) is 0 Å². The van der Waals surface area contributed by atoms with Crippen molar-refractivity contribution in [2.45, 2.75) is 32.4 Å². The quantitative estimate of drug-likeness (QED) is 0.901. The summed E-state index contributed by atoms with van der Waals surface area (Å²) in [6.45, 7) is 3.78. The van der Waals surface area contributed by atoms with Crippen molar-refractivity contribution in [1.29, 1.82) is 0 Å². The third kappa shape index (κ3) is 3.84. The molecule has 2 atom stereocenters. The molecular weight excluding hydrogens is 308 g/mol. The first-order chi connectivity index (χ1) is 11.6. The fraction of sp³-hybridized carbons (Fsp3) is 0.471. The van der Waals surface area contributed by atoms with E-state index in [0.717, 1.165) is 12.8 Å². The standard InChI is InChI=1S/C17H22N4O3/c1-13(9-20-7-5-18-12-20)19-16(22)14-3-2-6-21(10-14)17(23)15-4-8-24-11-15/h4-5,7-8,11-14H,2-3,6,9-10H2,1H3,(H,19,22)/t13-,14-/m0/s1. The van der Waals surface area contributed by atoms with Gasteiger partial charge in [0.2, 0.25) is 5.91 Å². The van der Waals surface area contributed by atoms with Crippen molar-refractivity contribution < 1.29 is 14.0 Å². The summed E-state index contributed by atoms with van der Waals surface area (Å²) in [5.41, 5.74) is 0.532. The number of imidazole rings is 1. The summed E-state index contributed by atoms with van der Waals surface area (Å²) in [7, 11) is 0. The zero-order valence-electron chi connectivity index (χ0n) is 13.7. The van der Waals surface area contributed by atoms with Gasteiger partial charge in [0.25, 0.3) is 5.91 Å². The number of hydrogen-bond acceptors (Lipinski definition) is 4. The molecule has 1 aliphatic rings. The smallest absolute Gasteiger partial charge is 0.257 e. The van der Waals surface area contributed by atoms with Crippen LogP contribution in [0.25, 0.3) is 0 Å². The summed E-state index contributed by atoms with van der Waals surface area (Å²) in [6, 6.07) is 1.66. The molecule has 1 saturated heterocycles. The lowest BCUT2D eigenvalue weighted by molar-refractivity contribution is -0.127. The Hall–Kier alpha value is -2.57. The lowest BCUT2D eigenvalue weighted by Gasteiger charge is -2.32. The van der Waals surface area contributed by atoms with Gasteiger partial charge in [-0.2, -0.15) is 0 Å². The Balaban J connectivity index is 1.54. The maximum absolute atomic E-state index is 12.5. The Kier molecular flexibility index (Phi) is 4.98. The van der Waals surface area contributed by atoms with Crippen LogP contribution < -0.4 is 5.32 Å². The summed E-state index contributed by atoms with van der Waals surface area (Å²) >= 11 is 0. The largest absolute Gasteiger partial charge is 0.472 e. The minimum absolute atomic E-state index is 0.00616. The van der Waals surface area contributed by atoms with Gasteiger partial charge in [-0.3, -0.25) is 9.59 Å². The van der Waals surface area contributed by atoms with Crippen molar-refractivity contribution in [3.8, 4) is 0 Å². The van der Waals surface area contributed by atoms with Crippen molar-refractivity contribution in [2.75, 3.05) is 13.1 Å². The Morgan fingerprint density at radius 3 is 3.08 bits per heavy atom. The highest BCUT2D eigenvalue weighted by molar-refractivity contribution is 5.94. The molecule has 0 spiro atoms. The lowest BCUT2D eigenvalue weighted by atomic mass is 9.96. The van der Waals surface area contributed by atoms with E-state index in [1.165, 1.54) is 12.5 Å². The Bertz CT molecular complexity index is 666. The van der Waals surface area contributed by atoms with Crippen molar-refractivity contribution in [3.63, 3.8) is 0 Å². The van der Waals surface area contributed by atoms with Gasteiger partial charge in [0.15, 0.2) is 0 Å². The van der Waals surface area contributed by atoms with E-state index in [1.807, 2.05) is 17.7 Å². The third-order valence-electron chi connectivity index (χ3n) is 4.28. The van der Waals surface area contributed by atoms with Crippen LogP contribution in [0.3, 0.4) is 0 Å². The number of furan rings is 1. The molecule has 0 aromatic carbocycles. The number of aromatic nitrogens is 2. The van der Waals surface area contributed by atoms with Crippen LogP contribution in [0, 0.1) is 5.92 Å². The number of nitrogens with one attached hydrogen (secondary N) is 1. The molecule has 7 nitrogen and oxygen atoms in total. The molecule has 0 unspecified atom stereocenters. The van der Waals surface area contributed by atoms with E-state index in [2.05, 4.69) is 10.3 Å². The van der Waals surface area contributed by atoms with Gasteiger partial charge < -0.3 is 19.2 Å². The Morgan fingerprint density at radius 1 is 1.50 bits per heavy atom. The van der Waals surface area contributed by atoms with Gasteiger partial charge in [0.1, 0.15) is 6.26 Å². The maximum atomic E-state index is 12.5. The minimum Gasteiger partial charge on any atom is -0.472 e. The molecule has 2 aromatic heterocycles. The maximum Gasteiger partial charge on any atom is 0.257 e. The van der Waals surface area contributed by atoms with Crippen molar-refractivity contribution >= 4 is 11.8 Å². The first-order valence-corrected chi connectivity index (χ1v) is 8.21.